The van der Waals surface area contributed by atoms with E-state index in [0.29, 0.717) is 17.8 Å². The van der Waals surface area contributed by atoms with Gasteiger partial charge in [0.1, 0.15) is 0 Å². The average Bonchev–Trinajstić information content (AvgIpc) is 2.80. The molecule has 1 atom stereocenters. The minimum absolute atomic E-state index is 0.103. The zero-order valence-electron chi connectivity index (χ0n) is 17.2. The van der Waals surface area contributed by atoms with Crippen LogP contribution in [-0.2, 0) is 14.8 Å². The van der Waals surface area contributed by atoms with E-state index in [1.165, 1.54) is 6.07 Å². The molecule has 0 spiro atoms. The van der Waals surface area contributed by atoms with E-state index in [9.17, 15) is 13.2 Å². The highest BCUT2D eigenvalue weighted by Gasteiger charge is 2.22. The van der Waals surface area contributed by atoms with Crippen LogP contribution in [0.3, 0.4) is 0 Å². The van der Waals surface area contributed by atoms with Gasteiger partial charge in [-0.3, -0.25) is 9.52 Å². The Morgan fingerprint density at radius 3 is 2.55 bits per heavy atom. The number of sulfonamides is 1. The number of nitrogens with one attached hydrogen (secondary N) is 2. The fourth-order valence-corrected chi connectivity index (χ4v) is 5.56. The topological polar surface area (TPSA) is 78.5 Å². The predicted molar refractivity (Wildman–Crippen MR) is 121 cm³/mol. The number of carbonyl (C=O) groups is 1. The summed E-state index contributed by atoms with van der Waals surface area (Å²) in [5.41, 5.74) is 3.00. The number of benzene rings is 2. The number of hydrogen-bond donors (Lipinski definition) is 2. The van der Waals surface area contributed by atoms with Crippen LogP contribution >= 0.6 is 11.8 Å². The minimum Gasteiger partial charge on any atom is -0.372 e. The van der Waals surface area contributed by atoms with Gasteiger partial charge < -0.3 is 10.2 Å². The van der Waals surface area contributed by atoms with Crippen molar-refractivity contribution in [3.63, 3.8) is 0 Å². The van der Waals surface area contributed by atoms with Crippen LogP contribution in [0.5, 0.6) is 0 Å². The maximum Gasteiger partial charge on any atom is 0.261 e. The predicted octanol–water partition coefficient (Wildman–Crippen LogP) is 4.46. The van der Waals surface area contributed by atoms with Gasteiger partial charge in [0.05, 0.1) is 16.3 Å². The molecule has 0 aliphatic carbocycles. The molecule has 0 unspecified atom stereocenters. The van der Waals surface area contributed by atoms with Crippen LogP contribution in [0.15, 0.2) is 46.2 Å². The summed E-state index contributed by atoms with van der Waals surface area (Å²) in [5.74, 6) is -0.103. The van der Waals surface area contributed by atoms with Gasteiger partial charge in [-0.2, -0.15) is 0 Å². The molecule has 1 aliphatic rings. The van der Waals surface area contributed by atoms with Crippen molar-refractivity contribution < 1.29 is 13.2 Å². The molecule has 1 heterocycles. The molecule has 2 aromatic rings. The van der Waals surface area contributed by atoms with Crippen LogP contribution in [0.2, 0.25) is 0 Å². The quantitative estimate of drug-likeness (QED) is 0.703. The maximum absolute atomic E-state index is 13.0. The van der Waals surface area contributed by atoms with Gasteiger partial charge >= 0.3 is 0 Å². The number of thioether (sulfide) groups is 1. The van der Waals surface area contributed by atoms with Crippen molar-refractivity contribution in [1.82, 2.24) is 0 Å². The molecule has 1 aliphatic heterocycles. The van der Waals surface area contributed by atoms with Gasteiger partial charge in [-0.25, -0.2) is 8.42 Å². The second kappa shape index (κ2) is 8.67. The summed E-state index contributed by atoms with van der Waals surface area (Å²) in [6.07, 6.45) is 0.401. The second-order valence-electron chi connectivity index (χ2n) is 7.12. The fraction of sp³-hybridized carbons (Fsp3) is 0.381. The van der Waals surface area contributed by atoms with Crippen molar-refractivity contribution in [3.8, 4) is 0 Å². The Hall–Kier alpha value is -2.19. The third-order valence-corrected chi connectivity index (χ3v) is 7.46. The van der Waals surface area contributed by atoms with Gasteiger partial charge in [-0.1, -0.05) is 6.92 Å². The summed E-state index contributed by atoms with van der Waals surface area (Å²) >= 11 is 1.57. The van der Waals surface area contributed by atoms with E-state index in [2.05, 4.69) is 28.8 Å². The molecule has 2 N–H and O–H groups in total. The van der Waals surface area contributed by atoms with Gasteiger partial charge in [0.2, 0.25) is 5.91 Å². The number of anilines is 3. The summed E-state index contributed by atoms with van der Waals surface area (Å²) in [5, 5.41) is 2.96. The number of rotatable bonds is 6. The first kappa shape index (κ1) is 21.5. The van der Waals surface area contributed by atoms with Crippen LogP contribution < -0.4 is 14.9 Å². The molecule has 0 bridgehead atoms. The summed E-state index contributed by atoms with van der Waals surface area (Å²) < 4.78 is 28.6. The lowest BCUT2D eigenvalue weighted by Crippen LogP contribution is -2.22. The normalized spacial score (nSPS) is 16.6. The Balaban J connectivity index is 1.88. The molecule has 3 rings (SSSR count). The first-order valence-electron chi connectivity index (χ1n) is 9.72. The lowest BCUT2D eigenvalue weighted by molar-refractivity contribution is -0.116. The number of nitrogens with zero attached hydrogens (tertiary/aromatic N) is 1. The molecule has 2 aromatic carbocycles. The van der Waals surface area contributed by atoms with E-state index in [1.54, 1.807) is 30.0 Å². The van der Waals surface area contributed by atoms with E-state index in [4.69, 9.17) is 0 Å². The molecular formula is C21H27N3O3S2. The Morgan fingerprint density at radius 2 is 1.90 bits per heavy atom. The molecule has 6 nitrogen and oxygen atoms in total. The second-order valence-corrected chi connectivity index (χ2v) is 10.3. The number of carbonyl (C=O) groups excluding carboxylic acids is 1. The Labute approximate surface area is 177 Å². The van der Waals surface area contributed by atoms with Gasteiger partial charge in [-0.05, 0) is 62.7 Å². The standard InChI is InChI=1S/C21H27N3O3S2/c1-5-24(6-2)16-7-9-18(14(3)11-16)23-29(26,27)17-8-10-20-19(13-17)22-21(25)12-15(4)28-20/h7-11,13,15,23H,5-6,12H2,1-4H3,(H,22,25)/t15-/m1/s1. The molecule has 0 radical (unpaired) electrons. The molecule has 29 heavy (non-hydrogen) atoms. The van der Waals surface area contributed by atoms with Gasteiger partial charge in [-0.15, -0.1) is 11.8 Å². The van der Waals surface area contributed by atoms with Crippen molar-refractivity contribution in [2.75, 3.05) is 28.0 Å². The molecule has 0 saturated heterocycles. The maximum atomic E-state index is 13.0. The lowest BCUT2D eigenvalue weighted by Gasteiger charge is -2.22. The van der Waals surface area contributed by atoms with Crippen LogP contribution in [0, 0.1) is 6.92 Å². The highest BCUT2D eigenvalue weighted by atomic mass is 32.2. The Bertz CT molecular complexity index is 1020. The molecule has 0 fully saturated rings. The molecule has 8 heteroatoms. The van der Waals surface area contributed by atoms with Gasteiger partial charge in [0, 0.05) is 35.3 Å². The highest BCUT2D eigenvalue weighted by molar-refractivity contribution is 8.00. The summed E-state index contributed by atoms with van der Waals surface area (Å²) in [6, 6.07) is 10.6. The first-order valence-corrected chi connectivity index (χ1v) is 12.1. The van der Waals surface area contributed by atoms with E-state index in [-0.39, 0.29) is 16.1 Å². The summed E-state index contributed by atoms with van der Waals surface area (Å²) in [7, 11) is -3.78. The van der Waals surface area contributed by atoms with E-state index >= 15 is 0 Å². The van der Waals surface area contributed by atoms with Crippen LogP contribution in [0.1, 0.15) is 32.8 Å². The van der Waals surface area contributed by atoms with E-state index < -0.39 is 10.0 Å². The first-order chi connectivity index (χ1) is 13.7. The third kappa shape index (κ3) is 4.87. The molecular weight excluding hydrogens is 406 g/mol. The average molecular weight is 434 g/mol. The van der Waals surface area contributed by atoms with Crippen LogP contribution in [0.4, 0.5) is 17.1 Å². The largest absolute Gasteiger partial charge is 0.372 e. The third-order valence-electron chi connectivity index (χ3n) is 4.92. The number of aryl methyl sites for hydroxylation is 1. The highest BCUT2D eigenvalue weighted by Crippen LogP contribution is 2.36. The van der Waals surface area contributed by atoms with Crippen LogP contribution in [-0.4, -0.2) is 32.7 Å². The monoisotopic (exact) mass is 433 g/mol. The zero-order chi connectivity index (χ0) is 21.2. The number of hydrogen-bond acceptors (Lipinski definition) is 5. The van der Waals surface area contributed by atoms with Crippen LogP contribution in [0.25, 0.3) is 0 Å². The molecule has 1 amide bonds. The SMILES string of the molecule is CCN(CC)c1ccc(NS(=O)(=O)c2ccc3c(c2)NC(=O)C[C@@H](C)S3)c(C)c1. The van der Waals surface area contributed by atoms with Crippen molar-refractivity contribution in [2.24, 2.45) is 0 Å². The molecule has 0 saturated carbocycles. The summed E-state index contributed by atoms with van der Waals surface area (Å²) in [6.45, 7) is 9.82. The van der Waals surface area contributed by atoms with E-state index in [1.807, 2.05) is 26.0 Å². The molecule has 156 valence electrons. The Morgan fingerprint density at radius 1 is 1.17 bits per heavy atom. The van der Waals surface area contributed by atoms with Crippen molar-refractivity contribution in [1.29, 1.82) is 0 Å². The van der Waals surface area contributed by atoms with Crippen molar-refractivity contribution in [3.05, 3.63) is 42.0 Å². The smallest absolute Gasteiger partial charge is 0.261 e. The summed E-state index contributed by atoms with van der Waals surface area (Å²) in [4.78, 5) is 15.2. The van der Waals surface area contributed by atoms with Crippen molar-refractivity contribution >= 4 is 44.8 Å². The van der Waals surface area contributed by atoms with Gasteiger partial charge in [0.15, 0.2) is 0 Å². The molecule has 0 aromatic heterocycles. The minimum atomic E-state index is -3.78. The van der Waals surface area contributed by atoms with Crippen molar-refractivity contribution in [2.45, 2.75) is 49.2 Å². The number of amides is 1. The fourth-order valence-electron chi connectivity index (χ4n) is 3.35. The zero-order valence-corrected chi connectivity index (χ0v) is 18.8. The number of fused-ring (bicyclic) bond motifs is 1. The van der Waals surface area contributed by atoms with Gasteiger partial charge in [0.25, 0.3) is 10.0 Å². The van der Waals surface area contributed by atoms with E-state index in [0.717, 1.165) is 29.2 Å². The lowest BCUT2D eigenvalue weighted by atomic mass is 10.1. The Kier molecular flexibility index (Phi) is 6.43.